The Hall–Kier alpha value is 0.270. The zero-order valence-electron chi connectivity index (χ0n) is 5.13. The van der Waals surface area contributed by atoms with Crippen molar-refractivity contribution < 1.29 is 5.11 Å². The van der Waals surface area contributed by atoms with Crippen molar-refractivity contribution in [2.75, 3.05) is 18.6 Å². The van der Waals surface area contributed by atoms with Gasteiger partial charge in [0, 0.05) is 5.75 Å². The van der Waals surface area contributed by atoms with Crippen LogP contribution in [0.2, 0.25) is 0 Å². The van der Waals surface area contributed by atoms with Gasteiger partial charge in [0.25, 0.3) is 0 Å². The predicted octanol–water partition coefficient (Wildman–Crippen LogP) is 0.0591. The summed E-state index contributed by atoms with van der Waals surface area (Å²) in [5.74, 6) is 0.803. The summed E-state index contributed by atoms with van der Waals surface area (Å²) in [6.07, 6.45) is 2.50. The van der Waals surface area contributed by atoms with Gasteiger partial charge in [-0.2, -0.15) is 11.8 Å². The van der Waals surface area contributed by atoms with E-state index >= 15 is 0 Å². The molecule has 0 radical (unpaired) electrons. The Balaban J connectivity index is 2.92. The van der Waals surface area contributed by atoms with Crippen LogP contribution in [-0.2, 0) is 0 Å². The molecule has 8 heavy (non-hydrogen) atoms. The van der Waals surface area contributed by atoms with Crippen LogP contribution in [0.25, 0.3) is 0 Å². The fourth-order valence-electron chi connectivity index (χ4n) is 0.468. The lowest BCUT2D eigenvalue weighted by atomic mass is 10.3. The molecule has 2 nitrogen and oxygen atoms in total. The molecule has 50 valence electrons. The third-order valence-corrected chi connectivity index (χ3v) is 1.58. The quantitative estimate of drug-likeness (QED) is 0.573. The molecule has 0 rings (SSSR count). The van der Waals surface area contributed by atoms with Crippen LogP contribution in [0.3, 0.4) is 0 Å². The molecule has 0 bridgehead atoms. The summed E-state index contributed by atoms with van der Waals surface area (Å²) in [5, 5.41) is 8.95. The van der Waals surface area contributed by atoms with Crippen molar-refractivity contribution in [2.45, 2.75) is 12.5 Å². The highest BCUT2D eigenvalue weighted by Crippen LogP contribution is 1.98. The fraction of sp³-hybridized carbons (Fsp3) is 1.00. The Morgan fingerprint density at radius 3 is 2.75 bits per heavy atom. The number of rotatable bonds is 4. The Labute approximate surface area is 54.5 Å². The first-order valence-electron chi connectivity index (χ1n) is 2.68. The standard InChI is InChI=1S/C5H13NOS/c1-8-4-5(7)2-3-6/h5,7H,2-4,6H2,1H3/t5-/m1/s1. The van der Waals surface area contributed by atoms with E-state index < -0.39 is 0 Å². The highest BCUT2D eigenvalue weighted by atomic mass is 32.2. The highest BCUT2D eigenvalue weighted by molar-refractivity contribution is 7.98. The number of hydrogen-bond donors (Lipinski definition) is 2. The van der Waals surface area contributed by atoms with Gasteiger partial charge in [-0.1, -0.05) is 0 Å². The minimum Gasteiger partial charge on any atom is -0.392 e. The summed E-state index contributed by atoms with van der Waals surface area (Å²) in [6, 6.07) is 0. The third kappa shape index (κ3) is 4.43. The highest BCUT2D eigenvalue weighted by Gasteiger charge is 1.98. The van der Waals surface area contributed by atoms with Crippen LogP contribution in [0.4, 0.5) is 0 Å². The average molecular weight is 135 g/mol. The molecule has 0 unspecified atom stereocenters. The number of aliphatic hydroxyl groups excluding tert-OH is 1. The molecule has 0 aromatic heterocycles. The van der Waals surface area contributed by atoms with Gasteiger partial charge in [-0.25, -0.2) is 0 Å². The van der Waals surface area contributed by atoms with Crippen LogP contribution >= 0.6 is 11.8 Å². The Kier molecular flexibility index (Phi) is 5.59. The smallest absolute Gasteiger partial charge is 0.0642 e. The second kappa shape index (κ2) is 5.41. The van der Waals surface area contributed by atoms with Gasteiger partial charge in [-0.3, -0.25) is 0 Å². The summed E-state index contributed by atoms with van der Waals surface area (Å²) in [7, 11) is 0. The van der Waals surface area contributed by atoms with Crippen LogP contribution in [0, 0.1) is 0 Å². The van der Waals surface area contributed by atoms with Gasteiger partial charge < -0.3 is 10.8 Å². The second-order valence-corrected chi connectivity index (χ2v) is 2.60. The van der Waals surface area contributed by atoms with E-state index in [1.54, 1.807) is 11.8 Å². The van der Waals surface area contributed by atoms with Crippen molar-refractivity contribution in [1.82, 2.24) is 0 Å². The van der Waals surface area contributed by atoms with Gasteiger partial charge in [-0.15, -0.1) is 0 Å². The van der Waals surface area contributed by atoms with Crippen LogP contribution in [0.15, 0.2) is 0 Å². The SMILES string of the molecule is CSC[C@H](O)CCN. The first-order chi connectivity index (χ1) is 3.81. The summed E-state index contributed by atoms with van der Waals surface area (Å²) in [6.45, 7) is 0.585. The van der Waals surface area contributed by atoms with E-state index in [4.69, 9.17) is 10.8 Å². The lowest BCUT2D eigenvalue weighted by Crippen LogP contribution is -2.15. The maximum Gasteiger partial charge on any atom is 0.0642 e. The van der Waals surface area contributed by atoms with Crippen molar-refractivity contribution in [2.24, 2.45) is 5.73 Å². The first-order valence-corrected chi connectivity index (χ1v) is 4.07. The van der Waals surface area contributed by atoms with E-state index in [1.165, 1.54) is 0 Å². The molecule has 0 aromatic carbocycles. The van der Waals surface area contributed by atoms with E-state index in [0.29, 0.717) is 6.54 Å². The normalized spacial score (nSPS) is 13.9. The van der Waals surface area contributed by atoms with Crippen LogP contribution in [-0.4, -0.2) is 29.8 Å². The number of aliphatic hydroxyl groups is 1. The third-order valence-electron chi connectivity index (χ3n) is 0.859. The molecule has 0 saturated heterocycles. The van der Waals surface area contributed by atoms with Gasteiger partial charge in [0.1, 0.15) is 0 Å². The molecule has 0 fully saturated rings. The van der Waals surface area contributed by atoms with E-state index in [2.05, 4.69) is 0 Å². The molecular formula is C5H13NOS. The minimum absolute atomic E-state index is 0.199. The Morgan fingerprint density at radius 1 is 1.75 bits per heavy atom. The number of hydrogen-bond acceptors (Lipinski definition) is 3. The molecule has 0 aromatic rings. The molecule has 0 aliphatic heterocycles. The maximum atomic E-state index is 8.95. The number of thioether (sulfide) groups is 1. The summed E-state index contributed by atoms with van der Waals surface area (Å²) in [4.78, 5) is 0. The van der Waals surface area contributed by atoms with E-state index in [9.17, 15) is 0 Å². The molecular weight excluding hydrogens is 122 g/mol. The molecule has 3 heteroatoms. The lowest BCUT2D eigenvalue weighted by molar-refractivity contribution is 0.192. The average Bonchev–Trinajstić information content (AvgIpc) is 1.68. The maximum absolute atomic E-state index is 8.95. The van der Waals surface area contributed by atoms with Crippen LogP contribution in [0.5, 0.6) is 0 Å². The predicted molar refractivity (Wildman–Crippen MR) is 38.1 cm³/mol. The molecule has 0 aliphatic rings. The van der Waals surface area contributed by atoms with Crippen molar-refractivity contribution in [3.63, 3.8) is 0 Å². The van der Waals surface area contributed by atoms with Crippen molar-refractivity contribution in [3.05, 3.63) is 0 Å². The zero-order chi connectivity index (χ0) is 6.41. The molecule has 0 amide bonds. The van der Waals surface area contributed by atoms with Gasteiger partial charge in [-0.05, 0) is 19.2 Å². The molecule has 0 heterocycles. The largest absolute Gasteiger partial charge is 0.392 e. The van der Waals surface area contributed by atoms with E-state index in [0.717, 1.165) is 12.2 Å². The first kappa shape index (κ1) is 8.27. The van der Waals surface area contributed by atoms with Crippen LogP contribution < -0.4 is 5.73 Å². The zero-order valence-corrected chi connectivity index (χ0v) is 5.95. The monoisotopic (exact) mass is 135 g/mol. The van der Waals surface area contributed by atoms with E-state index in [1.807, 2.05) is 6.26 Å². The van der Waals surface area contributed by atoms with Crippen molar-refractivity contribution >= 4 is 11.8 Å². The van der Waals surface area contributed by atoms with Crippen LogP contribution in [0.1, 0.15) is 6.42 Å². The summed E-state index contributed by atoms with van der Waals surface area (Å²) < 4.78 is 0. The minimum atomic E-state index is -0.199. The summed E-state index contributed by atoms with van der Waals surface area (Å²) in [5.41, 5.74) is 5.19. The molecule has 3 N–H and O–H groups in total. The Morgan fingerprint density at radius 2 is 2.38 bits per heavy atom. The van der Waals surface area contributed by atoms with Gasteiger partial charge >= 0.3 is 0 Å². The van der Waals surface area contributed by atoms with E-state index in [-0.39, 0.29) is 6.10 Å². The lowest BCUT2D eigenvalue weighted by Gasteiger charge is -2.04. The fourth-order valence-corrected chi connectivity index (χ4v) is 1.02. The summed E-state index contributed by atoms with van der Waals surface area (Å²) >= 11 is 1.64. The Bertz CT molecular complexity index is 45.7. The second-order valence-electron chi connectivity index (χ2n) is 1.69. The van der Waals surface area contributed by atoms with Gasteiger partial charge in [0.2, 0.25) is 0 Å². The topological polar surface area (TPSA) is 46.2 Å². The molecule has 1 atom stereocenters. The van der Waals surface area contributed by atoms with Gasteiger partial charge in [0.15, 0.2) is 0 Å². The van der Waals surface area contributed by atoms with Crippen molar-refractivity contribution in [3.8, 4) is 0 Å². The molecule has 0 spiro atoms. The van der Waals surface area contributed by atoms with Crippen molar-refractivity contribution in [1.29, 1.82) is 0 Å². The number of nitrogens with two attached hydrogens (primary N) is 1. The van der Waals surface area contributed by atoms with Gasteiger partial charge in [0.05, 0.1) is 6.10 Å². The molecule has 0 aliphatic carbocycles. The molecule has 0 saturated carbocycles.